The quantitative estimate of drug-likeness (QED) is 0.180. The molecule has 224 valence electrons. The van der Waals surface area contributed by atoms with Gasteiger partial charge in [-0.1, -0.05) is 133 Å². The van der Waals surface area contributed by atoms with E-state index < -0.39 is 0 Å². The molecular weight excluding hydrogens is 581 g/mol. The van der Waals surface area contributed by atoms with E-state index in [0.717, 1.165) is 22.7 Å². The number of para-hydroxylation sites is 3. The van der Waals surface area contributed by atoms with Crippen LogP contribution in [0, 0.1) is 0 Å². The van der Waals surface area contributed by atoms with E-state index in [1.807, 2.05) is 0 Å². The number of aromatic nitrogens is 1. The van der Waals surface area contributed by atoms with E-state index in [0.29, 0.717) is 0 Å². The van der Waals surface area contributed by atoms with Crippen molar-refractivity contribution in [1.29, 1.82) is 0 Å². The van der Waals surface area contributed by atoms with Crippen LogP contribution in [0.25, 0.3) is 70.6 Å². The third kappa shape index (κ3) is 3.93. The summed E-state index contributed by atoms with van der Waals surface area (Å²) >= 11 is 0. The molecule has 9 aromatic carbocycles. The van der Waals surface area contributed by atoms with Crippen molar-refractivity contribution in [3.63, 3.8) is 0 Å². The van der Waals surface area contributed by atoms with Crippen molar-refractivity contribution >= 4 is 82.0 Å². The van der Waals surface area contributed by atoms with Crippen LogP contribution in [0.2, 0.25) is 0 Å². The second kappa shape index (κ2) is 10.6. The van der Waals surface area contributed by atoms with E-state index in [1.54, 1.807) is 0 Å². The van der Waals surface area contributed by atoms with Gasteiger partial charge in [0, 0.05) is 33.2 Å². The summed E-state index contributed by atoms with van der Waals surface area (Å²) in [6.45, 7) is 0. The lowest BCUT2D eigenvalue weighted by atomic mass is 9.90. The second-order valence-corrected chi connectivity index (χ2v) is 12.5. The number of hydrogen-bond acceptors (Lipinski definition) is 1. The topological polar surface area (TPSA) is 8.17 Å². The Kier molecular flexibility index (Phi) is 5.91. The van der Waals surface area contributed by atoms with Crippen LogP contribution in [-0.4, -0.2) is 4.57 Å². The Labute approximate surface area is 278 Å². The largest absolute Gasteiger partial charge is 0.310 e. The minimum atomic E-state index is 1.12. The number of anilines is 3. The highest BCUT2D eigenvalue weighted by molar-refractivity contribution is 6.32. The van der Waals surface area contributed by atoms with E-state index in [-0.39, 0.29) is 0 Å². The van der Waals surface area contributed by atoms with Crippen molar-refractivity contribution in [2.75, 3.05) is 4.90 Å². The van der Waals surface area contributed by atoms with Crippen molar-refractivity contribution in [2.45, 2.75) is 0 Å². The maximum atomic E-state index is 2.42. The Bertz CT molecular complexity index is 2800. The summed E-state index contributed by atoms with van der Waals surface area (Å²) in [7, 11) is 0. The summed E-state index contributed by atoms with van der Waals surface area (Å²) in [5.74, 6) is 0. The van der Waals surface area contributed by atoms with Gasteiger partial charge in [-0.2, -0.15) is 0 Å². The fraction of sp³-hybridized carbons (Fsp3) is 0. The first-order chi connectivity index (χ1) is 23.8. The van der Waals surface area contributed by atoms with E-state index in [1.165, 1.54) is 64.9 Å². The molecule has 0 aliphatic rings. The number of nitrogens with zero attached hydrogens (tertiary/aromatic N) is 2. The summed E-state index contributed by atoms with van der Waals surface area (Å²) < 4.78 is 2.39. The highest BCUT2D eigenvalue weighted by Gasteiger charge is 2.20. The molecule has 0 unspecified atom stereocenters. The smallest absolute Gasteiger partial charge is 0.0561 e. The minimum Gasteiger partial charge on any atom is -0.310 e. The van der Waals surface area contributed by atoms with Crippen LogP contribution in [0.1, 0.15) is 0 Å². The Morgan fingerprint density at radius 2 is 0.812 bits per heavy atom. The molecule has 0 atom stereocenters. The molecule has 2 heteroatoms. The first-order valence-corrected chi connectivity index (χ1v) is 16.5. The first kappa shape index (κ1) is 26.8. The molecule has 1 heterocycles. The van der Waals surface area contributed by atoms with Crippen molar-refractivity contribution in [3.05, 3.63) is 182 Å². The third-order valence-electron chi connectivity index (χ3n) is 9.93. The van der Waals surface area contributed by atoms with Crippen LogP contribution in [-0.2, 0) is 0 Å². The molecule has 10 rings (SSSR count). The zero-order valence-corrected chi connectivity index (χ0v) is 26.2. The van der Waals surface area contributed by atoms with Gasteiger partial charge in [0.15, 0.2) is 0 Å². The van der Waals surface area contributed by atoms with Gasteiger partial charge in [0.25, 0.3) is 0 Å². The number of fused-ring (bicyclic) bond motifs is 11. The van der Waals surface area contributed by atoms with Crippen LogP contribution in [0.5, 0.6) is 0 Å². The minimum absolute atomic E-state index is 1.12. The molecule has 0 spiro atoms. The summed E-state index contributed by atoms with van der Waals surface area (Å²) in [6, 6.07) is 66.2. The molecule has 0 aliphatic carbocycles. The van der Waals surface area contributed by atoms with Gasteiger partial charge >= 0.3 is 0 Å². The predicted octanol–water partition coefficient (Wildman–Crippen LogP) is 12.9. The average Bonchev–Trinajstić information content (AvgIpc) is 3.49. The standard InChI is InChI=1S/C46H30N2/c1-3-14-31(15-4-1)47(33-26-27-38-37-21-11-12-24-44(37)48(45(38)30-33)32-16-5-2-6-17-32)43-25-13-23-41-39(43)28-29-42-36-20-8-7-18-34(36)35-19-9-10-22-40(35)46(41)42/h1-30H. The summed E-state index contributed by atoms with van der Waals surface area (Å²) in [4.78, 5) is 2.42. The molecule has 0 N–H and O–H groups in total. The highest BCUT2D eigenvalue weighted by Crippen LogP contribution is 2.45. The van der Waals surface area contributed by atoms with E-state index in [9.17, 15) is 0 Å². The number of hydrogen-bond donors (Lipinski definition) is 0. The highest BCUT2D eigenvalue weighted by atomic mass is 15.1. The molecule has 2 nitrogen and oxygen atoms in total. The van der Waals surface area contributed by atoms with E-state index >= 15 is 0 Å². The van der Waals surface area contributed by atoms with E-state index in [2.05, 4.69) is 191 Å². The summed E-state index contributed by atoms with van der Waals surface area (Å²) in [5.41, 5.74) is 6.93. The molecule has 48 heavy (non-hydrogen) atoms. The Balaban J connectivity index is 1.29. The fourth-order valence-electron chi connectivity index (χ4n) is 7.90. The third-order valence-corrected chi connectivity index (χ3v) is 9.93. The lowest BCUT2D eigenvalue weighted by molar-refractivity contribution is 1.18. The molecule has 0 saturated carbocycles. The SMILES string of the molecule is c1ccc(N(c2ccc3c4ccccc4n(-c4ccccc4)c3c2)c2cccc3c2ccc2c4ccccc4c4ccccc4c32)cc1. The van der Waals surface area contributed by atoms with Crippen molar-refractivity contribution in [1.82, 2.24) is 4.57 Å². The molecule has 1 aromatic heterocycles. The zero-order chi connectivity index (χ0) is 31.6. The van der Waals surface area contributed by atoms with Crippen LogP contribution in [0.4, 0.5) is 17.1 Å². The number of benzene rings is 9. The van der Waals surface area contributed by atoms with Crippen LogP contribution in [0.3, 0.4) is 0 Å². The molecule has 0 radical (unpaired) electrons. The molecule has 0 fully saturated rings. The van der Waals surface area contributed by atoms with Crippen molar-refractivity contribution in [2.24, 2.45) is 0 Å². The van der Waals surface area contributed by atoms with Gasteiger partial charge in [-0.15, -0.1) is 0 Å². The normalized spacial score (nSPS) is 11.8. The van der Waals surface area contributed by atoms with Crippen LogP contribution in [0.15, 0.2) is 182 Å². The van der Waals surface area contributed by atoms with Gasteiger partial charge in [0.05, 0.1) is 16.7 Å². The van der Waals surface area contributed by atoms with Crippen LogP contribution < -0.4 is 4.90 Å². The first-order valence-electron chi connectivity index (χ1n) is 16.5. The van der Waals surface area contributed by atoms with Crippen molar-refractivity contribution in [3.8, 4) is 5.69 Å². The maximum Gasteiger partial charge on any atom is 0.0561 e. The molecule has 0 amide bonds. The van der Waals surface area contributed by atoms with Gasteiger partial charge in [-0.25, -0.2) is 0 Å². The molecule has 0 saturated heterocycles. The Morgan fingerprint density at radius 3 is 1.56 bits per heavy atom. The van der Waals surface area contributed by atoms with Gasteiger partial charge in [-0.05, 0) is 86.2 Å². The zero-order valence-electron chi connectivity index (χ0n) is 26.2. The molecule has 0 bridgehead atoms. The molecular formula is C46H30N2. The summed E-state index contributed by atoms with van der Waals surface area (Å²) in [5, 5.41) is 12.7. The predicted molar refractivity (Wildman–Crippen MR) is 205 cm³/mol. The van der Waals surface area contributed by atoms with E-state index in [4.69, 9.17) is 0 Å². The monoisotopic (exact) mass is 610 g/mol. The van der Waals surface area contributed by atoms with Crippen LogP contribution >= 0.6 is 0 Å². The molecule has 10 aromatic rings. The van der Waals surface area contributed by atoms with Gasteiger partial charge in [0.2, 0.25) is 0 Å². The van der Waals surface area contributed by atoms with Gasteiger partial charge < -0.3 is 9.47 Å². The Morgan fingerprint density at radius 1 is 0.312 bits per heavy atom. The summed E-state index contributed by atoms with van der Waals surface area (Å²) in [6.07, 6.45) is 0. The lowest BCUT2D eigenvalue weighted by Gasteiger charge is -2.27. The molecule has 0 aliphatic heterocycles. The van der Waals surface area contributed by atoms with Gasteiger partial charge in [-0.3, -0.25) is 0 Å². The average molecular weight is 611 g/mol. The van der Waals surface area contributed by atoms with Crippen molar-refractivity contribution < 1.29 is 0 Å². The fourth-order valence-corrected chi connectivity index (χ4v) is 7.90. The second-order valence-electron chi connectivity index (χ2n) is 12.5. The maximum absolute atomic E-state index is 2.42. The number of rotatable bonds is 4. The lowest BCUT2D eigenvalue weighted by Crippen LogP contribution is -2.10. The van der Waals surface area contributed by atoms with Gasteiger partial charge in [0.1, 0.15) is 0 Å². The Hall–Kier alpha value is -6.38.